The van der Waals surface area contributed by atoms with Gasteiger partial charge in [-0.3, -0.25) is 0 Å². The molecular weight excluding hydrogens is 372 g/mol. The quantitative estimate of drug-likeness (QED) is 0.760. The first-order valence-electron chi connectivity index (χ1n) is 7.27. The van der Waals surface area contributed by atoms with E-state index >= 15 is 0 Å². The van der Waals surface area contributed by atoms with Crippen LogP contribution in [0.25, 0.3) is 0 Å². The molecular formula is C14H19ClF4N2O2S. The Morgan fingerprint density at radius 1 is 1.29 bits per heavy atom. The monoisotopic (exact) mass is 390 g/mol. The van der Waals surface area contributed by atoms with Crippen molar-refractivity contribution in [3.05, 3.63) is 29.6 Å². The van der Waals surface area contributed by atoms with E-state index in [1.807, 2.05) is 0 Å². The third-order valence-corrected chi connectivity index (χ3v) is 5.26. The third-order valence-electron chi connectivity index (χ3n) is 3.80. The summed E-state index contributed by atoms with van der Waals surface area (Å²) >= 11 is 0. The summed E-state index contributed by atoms with van der Waals surface area (Å²) in [7, 11) is -4.10. The van der Waals surface area contributed by atoms with Crippen molar-refractivity contribution < 1.29 is 26.0 Å². The minimum Gasteiger partial charge on any atom is -0.316 e. The Labute approximate surface area is 144 Å². The average molecular weight is 391 g/mol. The van der Waals surface area contributed by atoms with Crippen molar-refractivity contribution in [3.63, 3.8) is 0 Å². The number of rotatable bonds is 5. The van der Waals surface area contributed by atoms with E-state index in [-0.39, 0.29) is 19.0 Å². The zero-order chi connectivity index (χ0) is 17.1. The molecule has 1 saturated heterocycles. The number of sulfonamides is 1. The van der Waals surface area contributed by atoms with Gasteiger partial charge in [0.15, 0.2) is 0 Å². The molecule has 1 aromatic carbocycles. The SMILES string of the molecule is Cl.O=S(=O)(NCCC1CCCNC1)c1ccc(F)c(C(F)(F)F)c1. The Bertz CT molecular complexity index is 647. The van der Waals surface area contributed by atoms with Crippen molar-refractivity contribution in [3.8, 4) is 0 Å². The summed E-state index contributed by atoms with van der Waals surface area (Å²) in [5.41, 5.74) is -1.59. The van der Waals surface area contributed by atoms with Gasteiger partial charge in [-0.2, -0.15) is 13.2 Å². The minimum atomic E-state index is -4.94. The summed E-state index contributed by atoms with van der Waals surface area (Å²) in [6, 6.07) is 1.66. The first kappa shape index (κ1) is 21.1. The molecule has 0 bridgehead atoms. The van der Waals surface area contributed by atoms with E-state index in [0.29, 0.717) is 24.5 Å². The summed E-state index contributed by atoms with van der Waals surface area (Å²) in [6.45, 7) is 1.88. The summed E-state index contributed by atoms with van der Waals surface area (Å²) < 4.78 is 77.5. The molecule has 1 fully saturated rings. The van der Waals surface area contributed by atoms with E-state index in [1.165, 1.54) is 0 Å². The lowest BCUT2D eigenvalue weighted by molar-refractivity contribution is -0.140. The van der Waals surface area contributed by atoms with Gasteiger partial charge in [-0.15, -0.1) is 12.4 Å². The van der Waals surface area contributed by atoms with Crippen LogP contribution in [0, 0.1) is 11.7 Å². The van der Waals surface area contributed by atoms with Crippen LogP contribution in [-0.4, -0.2) is 28.1 Å². The number of hydrogen-bond acceptors (Lipinski definition) is 3. The number of alkyl halides is 3. The van der Waals surface area contributed by atoms with Gasteiger partial charge < -0.3 is 5.32 Å². The predicted molar refractivity (Wildman–Crippen MR) is 84.0 cm³/mol. The highest BCUT2D eigenvalue weighted by atomic mass is 35.5. The lowest BCUT2D eigenvalue weighted by atomic mass is 9.96. The van der Waals surface area contributed by atoms with Crippen LogP contribution in [0.2, 0.25) is 0 Å². The molecule has 1 aromatic rings. The van der Waals surface area contributed by atoms with E-state index in [2.05, 4.69) is 10.0 Å². The number of halogens is 5. The highest BCUT2D eigenvalue weighted by Gasteiger charge is 2.35. The van der Waals surface area contributed by atoms with Crippen molar-refractivity contribution in [1.29, 1.82) is 0 Å². The van der Waals surface area contributed by atoms with E-state index in [0.717, 1.165) is 32.0 Å². The van der Waals surface area contributed by atoms with Crippen LogP contribution in [0.15, 0.2) is 23.1 Å². The summed E-state index contributed by atoms with van der Waals surface area (Å²) in [6.07, 6.45) is -2.34. The standard InChI is InChI=1S/C14H18F4N2O2S.ClH/c15-13-4-3-11(8-12(13)14(16,17)18)23(21,22)20-7-5-10-2-1-6-19-9-10;/h3-4,8,10,19-20H,1-2,5-7,9H2;1H. The molecule has 1 aliphatic rings. The van der Waals surface area contributed by atoms with Gasteiger partial charge in [0.2, 0.25) is 10.0 Å². The molecule has 24 heavy (non-hydrogen) atoms. The molecule has 1 atom stereocenters. The fraction of sp³-hybridized carbons (Fsp3) is 0.571. The smallest absolute Gasteiger partial charge is 0.316 e. The summed E-state index contributed by atoms with van der Waals surface area (Å²) in [5, 5.41) is 3.20. The van der Waals surface area contributed by atoms with Crippen molar-refractivity contribution in [1.82, 2.24) is 10.0 Å². The van der Waals surface area contributed by atoms with E-state index in [9.17, 15) is 26.0 Å². The molecule has 2 rings (SSSR count). The Morgan fingerprint density at radius 3 is 2.58 bits per heavy atom. The summed E-state index contributed by atoms with van der Waals surface area (Å²) in [5.74, 6) is -1.16. The lowest BCUT2D eigenvalue weighted by Crippen LogP contribution is -2.33. The molecule has 4 nitrogen and oxygen atoms in total. The molecule has 0 spiro atoms. The van der Waals surface area contributed by atoms with Crippen LogP contribution >= 0.6 is 12.4 Å². The second-order valence-electron chi connectivity index (χ2n) is 5.54. The number of hydrogen-bond donors (Lipinski definition) is 2. The number of piperidine rings is 1. The van der Waals surface area contributed by atoms with Crippen LogP contribution in [0.5, 0.6) is 0 Å². The van der Waals surface area contributed by atoms with Crippen LogP contribution < -0.4 is 10.0 Å². The predicted octanol–water partition coefficient (Wildman–Crippen LogP) is 2.93. The van der Waals surface area contributed by atoms with Crippen molar-refractivity contribution in [2.45, 2.75) is 30.3 Å². The molecule has 0 amide bonds. The van der Waals surface area contributed by atoms with Gasteiger partial charge in [-0.25, -0.2) is 17.5 Å². The Kier molecular flexibility index (Phi) is 7.45. The van der Waals surface area contributed by atoms with Gasteiger partial charge in [0.05, 0.1) is 10.5 Å². The molecule has 1 aliphatic heterocycles. The van der Waals surface area contributed by atoms with Crippen LogP contribution in [-0.2, 0) is 16.2 Å². The highest BCUT2D eigenvalue weighted by molar-refractivity contribution is 7.89. The molecule has 0 aromatic heterocycles. The Hall–Kier alpha value is -0.900. The fourth-order valence-electron chi connectivity index (χ4n) is 2.54. The normalized spacial score (nSPS) is 18.9. The van der Waals surface area contributed by atoms with Gasteiger partial charge in [0.1, 0.15) is 5.82 Å². The molecule has 1 unspecified atom stereocenters. The van der Waals surface area contributed by atoms with Gasteiger partial charge in [-0.05, 0) is 56.5 Å². The van der Waals surface area contributed by atoms with Crippen molar-refractivity contribution in [2.75, 3.05) is 19.6 Å². The van der Waals surface area contributed by atoms with Crippen molar-refractivity contribution >= 4 is 22.4 Å². The maximum Gasteiger partial charge on any atom is 0.419 e. The van der Waals surface area contributed by atoms with Crippen LogP contribution in [0.4, 0.5) is 17.6 Å². The molecule has 10 heteroatoms. The van der Waals surface area contributed by atoms with Gasteiger partial charge in [0.25, 0.3) is 0 Å². The molecule has 1 heterocycles. The Balaban J connectivity index is 0.00000288. The van der Waals surface area contributed by atoms with Crippen LogP contribution in [0.1, 0.15) is 24.8 Å². The largest absolute Gasteiger partial charge is 0.419 e. The molecule has 0 radical (unpaired) electrons. The zero-order valence-corrected chi connectivity index (χ0v) is 14.3. The van der Waals surface area contributed by atoms with Crippen LogP contribution in [0.3, 0.4) is 0 Å². The first-order chi connectivity index (χ1) is 10.7. The fourth-order valence-corrected chi connectivity index (χ4v) is 3.61. The maximum absolute atomic E-state index is 13.2. The highest BCUT2D eigenvalue weighted by Crippen LogP contribution is 2.32. The van der Waals surface area contributed by atoms with Crippen molar-refractivity contribution in [2.24, 2.45) is 5.92 Å². The average Bonchev–Trinajstić information content (AvgIpc) is 2.47. The van der Waals surface area contributed by atoms with Gasteiger partial charge >= 0.3 is 6.18 Å². The first-order valence-corrected chi connectivity index (χ1v) is 8.75. The second kappa shape index (κ2) is 8.46. The molecule has 138 valence electrons. The second-order valence-corrected chi connectivity index (χ2v) is 7.31. The summed E-state index contributed by atoms with van der Waals surface area (Å²) in [4.78, 5) is -0.590. The number of nitrogens with one attached hydrogen (secondary N) is 2. The molecule has 0 saturated carbocycles. The van der Waals surface area contributed by atoms with Gasteiger partial charge in [-0.1, -0.05) is 0 Å². The zero-order valence-electron chi connectivity index (χ0n) is 12.7. The van der Waals surface area contributed by atoms with Gasteiger partial charge in [0, 0.05) is 6.54 Å². The Morgan fingerprint density at radius 2 is 2.00 bits per heavy atom. The molecule has 0 aliphatic carbocycles. The maximum atomic E-state index is 13.2. The van der Waals surface area contributed by atoms with E-state index in [4.69, 9.17) is 0 Å². The minimum absolute atomic E-state index is 0. The molecule has 2 N–H and O–H groups in total. The van der Waals surface area contributed by atoms with E-state index in [1.54, 1.807) is 0 Å². The topological polar surface area (TPSA) is 58.2 Å². The lowest BCUT2D eigenvalue weighted by Gasteiger charge is -2.22. The third kappa shape index (κ3) is 5.58. The number of benzene rings is 1. The van der Waals surface area contributed by atoms with E-state index < -0.39 is 32.5 Å².